The van der Waals surface area contributed by atoms with Crippen molar-refractivity contribution in [1.82, 2.24) is 9.97 Å². The fourth-order valence-electron chi connectivity index (χ4n) is 2.01. The second-order valence-corrected chi connectivity index (χ2v) is 4.54. The second kappa shape index (κ2) is 4.40. The number of hydrogen-bond donors (Lipinski definition) is 2. The van der Waals surface area contributed by atoms with E-state index in [1.165, 1.54) is 0 Å². The lowest BCUT2D eigenvalue weighted by Crippen LogP contribution is -2.11. The van der Waals surface area contributed by atoms with Gasteiger partial charge in [0.2, 0.25) is 0 Å². The topological polar surface area (TPSA) is 71.8 Å². The van der Waals surface area contributed by atoms with Crippen LogP contribution in [0.4, 0.5) is 0 Å². The Bertz CT molecular complexity index is 779. The third-order valence-corrected chi connectivity index (χ3v) is 3.24. The first-order valence-corrected chi connectivity index (χ1v) is 6.08. The highest BCUT2D eigenvalue weighted by atomic mass is 35.5. The minimum absolute atomic E-state index is 0.395. The fourth-order valence-corrected chi connectivity index (χ4v) is 2.24. The van der Waals surface area contributed by atoms with E-state index in [9.17, 15) is 4.79 Å². The predicted molar refractivity (Wildman–Crippen MR) is 75.1 cm³/mol. The summed E-state index contributed by atoms with van der Waals surface area (Å²) in [4.78, 5) is 18.9. The summed E-state index contributed by atoms with van der Waals surface area (Å²) >= 11 is 6.14. The standard InChI is InChI=1S/C14H10ClN3O/c15-10-6-2-1-4-8(10)14-17-11-7-3-5-9(13(16)19)12(11)18-14/h1-7H,(H2,16,19)(H,17,18). The van der Waals surface area contributed by atoms with Gasteiger partial charge in [-0.15, -0.1) is 0 Å². The summed E-state index contributed by atoms with van der Waals surface area (Å²) in [6.45, 7) is 0. The van der Waals surface area contributed by atoms with Crippen LogP contribution in [0.25, 0.3) is 22.4 Å². The number of hydrogen-bond acceptors (Lipinski definition) is 2. The number of fused-ring (bicyclic) bond motifs is 1. The molecule has 0 spiro atoms. The van der Waals surface area contributed by atoms with Gasteiger partial charge in [0.1, 0.15) is 11.3 Å². The molecule has 94 valence electrons. The number of amides is 1. The number of aromatic nitrogens is 2. The smallest absolute Gasteiger partial charge is 0.250 e. The number of imidazole rings is 1. The van der Waals surface area contributed by atoms with Crippen LogP contribution in [-0.4, -0.2) is 15.9 Å². The average Bonchev–Trinajstić information content (AvgIpc) is 2.82. The van der Waals surface area contributed by atoms with Gasteiger partial charge in [-0.3, -0.25) is 4.79 Å². The molecule has 3 rings (SSSR count). The molecule has 3 N–H and O–H groups in total. The number of nitrogens with zero attached hydrogens (tertiary/aromatic N) is 1. The minimum Gasteiger partial charge on any atom is -0.366 e. The highest BCUT2D eigenvalue weighted by Gasteiger charge is 2.13. The Morgan fingerprint density at radius 2 is 1.95 bits per heavy atom. The number of benzene rings is 2. The molecule has 19 heavy (non-hydrogen) atoms. The number of primary amides is 1. The fraction of sp³-hybridized carbons (Fsp3) is 0. The van der Waals surface area contributed by atoms with Crippen molar-refractivity contribution in [3.8, 4) is 11.4 Å². The van der Waals surface area contributed by atoms with E-state index < -0.39 is 5.91 Å². The van der Waals surface area contributed by atoms with Gasteiger partial charge >= 0.3 is 0 Å². The largest absolute Gasteiger partial charge is 0.366 e. The maximum Gasteiger partial charge on any atom is 0.250 e. The van der Waals surface area contributed by atoms with Gasteiger partial charge in [0.25, 0.3) is 5.91 Å². The van der Waals surface area contributed by atoms with Crippen LogP contribution in [-0.2, 0) is 0 Å². The molecule has 1 amide bonds. The molecular formula is C14H10ClN3O. The van der Waals surface area contributed by atoms with Gasteiger partial charge in [-0.25, -0.2) is 4.98 Å². The second-order valence-electron chi connectivity index (χ2n) is 4.13. The maximum atomic E-state index is 11.4. The third-order valence-electron chi connectivity index (χ3n) is 2.91. The lowest BCUT2D eigenvalue weighted by Gasteiger charge is -1.98. The lowest BCUT2D eigenvalue weighted by atomic mass is 10.2. The lowest BCUT2D eigenvalue weighted by molar-refractivity contribution is 0.100. The van der Waals surface area contributed by atoms with Crippen molar-refractivity contribution >= 4 is 28.5 Å². The summed E-state index contributed by atoms with van der Waals surface area (Å²) < 4.78 is 0. The number of halogens is 1. The number of nitrogens with one attached hydrogen (secondary N) is 1. The molecule has 4 nitrogen and oxygen atoms in total. The first-order valence-electron chi connectivity index (χ1n) is 5.70. The molecule has 0 saturated carbocycles. The van der Waals surface area contributed by atoms with Crippen LogP contribution < -0.4 is 5.73 Å². The monoisotopic (exact) mass is 271 g/mol. The van der Waals surface area contributed by atoms with Crippen LogP contribution >= 0.6 is 11.6 Å². The van der Waals surface area contributed by atoms with Crippen molar-refractivity contribution in [2.24, 2.45) is 5.73 Å². The Morgan fingerprint density at radius 1 is 1.16 bits per heavy atom. The van der Waals surface area contributed by atoms with Crippen LogP contribution in [0.1, 0.15) is 10.4 Å². The van der Waals surface area contributed by atoms with Crippen LogP contribution in [0.3, 0.4) is 0 Å². The van der Waals surface area contributed by atoms with Crippen molar-refractivity contribution in [3.05, 3.63) is 53.1 Å². The highest BCUT2D eigenvalue weighted by molar-refractivity contribution is 6.33. The van der Waals surface area contributed by atoms with Gasteiger partial charge in [-0.2, -0.15) is 0 Å². The molecule has 1 heterocycles. The zero-order valence-electron chi connectivity index (χ0n) is 9.85. The van der Waals surface area contributed by atoms with Gasteiger partial charge in [-0.05, 0) is 24.3 Å². The number of carbonyl (C=O) groups is 1. The Labute approximate surface area is 114 Å². The van der Waals surface area contributed by atoms with Crippen molar-refractivity contribution in [2.75, 3.05) is 0 Å². The number of aromatic amines is 1. The van der Waals surface area contributed by atoms with Gasteiger partial charge in [0, 0.05) is 5.56 Å². The number of rotatable bonds is 2. The summed E-state index contributed by atoms with van der Waals surface area (Å²) in [5, 5.41) is 0.599. The summed E-state index contributed by atoms with van der Waals surface area (Å²) in [5.74, 6) is 0.122. The van der Waals surface area contributed by atoms with E-state index in [1.54, 1.807) is 18.2 Å². The molecule has 0 aliphatic rings. The van der Waals surface area contributed by atoms with E-state index in [0.29, 0.717) is 21.9 Å². The number of nitrogens with two attached hydrogens (primary N) is 1. The van der Waals surface area contributed by atoms with Crippen molar-refractivity contribution < 1.29 is 4.79 Å². The number of para-hydroxylation sites is 1. The zero-order chi connectivity index (χ0) is 13.4. The van der Waals surface area contributed by atoms with Crippen molar-refractivity contribution in [2.45, 2.75) is 0 Å². The van der Waals surface area contributed by atoms with E-state index in [-0.39, 0.29) is 0 Å². The molecule has 0 saturated heterocycles. The van der Waals surface area contributed by atoms with E-state index in [1.807, 2.05) is 24.3 Å². The number of H-pyrrole nitrogens is 1. The molecule has 2 aromatic carbocycles. The first kappa shape index (κ1) is 11.7. The zero-order valence-corrected chi connectivity index (χ0v) is 10.6. The van der Waals surface area contributed by atoms with Crippen LogP contribution in [0.5, 0.6) is 0 Å². The maximum absolute atomic E-state index is 11.4. The van der Waals surface area contributed by atoms with Crippen LogP contribution in [0.2, 0.25) is 5.02 Å². The van der Waals surface area contributed by atoms with Crippen LogP contribution in [0, 0.1) is 0 Å². The molecule has 0 atom stereocenters. The Kier molecular flexibility index (Phi) is 2.72. The summed E-state index contributed by atoms with van der Waals surface area (Å²) in [5.41, 5.74) is 7.84. The molecule has 0 aliphatic carbocycles. The molecule has 0 bridgehead atoms. The van der Waals surface area contributed by atoms with Crippen molar-refractivity contribution in [3.63, 3.8) is 0 Å². The van der Waals surface area contributed by atoms with Crippen LogP contribution in [0.15, 0.2) is 42.5 Å². The third kappa shape index (κ3) is 1.96. The van der Waals surface area contributed by atoms with E-state index in [2.05, 4.69) is 9.97 Å². The molecule has 0 aliphatic heterocycles. The van der Waals surface area contributed by atoms with E-state index in [0.717, 1.165) is 11.1 Å². The molecule has 0 unspecified atom stereocenters. The van der Waals surface area contributed by atoms with E-state index in [4.69, 9.17) is 17.3 Å². The minimum atomic E-state index is -0.497. The predicted octanol–water partition coefficient (Wildman–Crippen LogP) is 2.98. The van der Waals surface area contributed by atoms with E-state index >= 15 is 0 Å². The highest BCUT2D eigenvalue weighted by Crippen LogP contribution is 2.28. The first-order chi connectivity index (χ1) is 9.16. The molecule has 5 heteroatoms. The number of carbonyl (C=O) groups excluding carboxylic acids is 1. The molecular weight excluding hydrogens is 262 g/mol. The van der Waals surface area contributed by atoms with Gasteiger partial charge in [0.05, 0.1) is 16.1 Å². The van der Waals surface area contributed by atoms with Gasteiger partial charge < -0.3 is 10.7 Å². The van der Waals surface area contributed by atoms with Gasteiger partial charge in [0.15, 0.2) is 0 Å². The summed E-state index contributed by atoms with van der Waals surface area (Å²) in [6.07, 6.45) is 0. The normalized spacial score (nSPS) is 10.8. The van der Waals surface area contributed by atoms with Crippen molar-refractivity contribution in [1.29, 1.82) is 0 Å². The summed E-state index contributed by atoms with van der Waals surface area (Å²) in [6, 6.07) is 12.6. The molecule has 3 aromatic rings. The quantitative estimate of drug-likeness (QED) is 0.752. The Balaban J connectivity index is 2.26. The average molecular weight is 272 g/mol. The SMILES string of the molecule is NC(=O)c1cccc2[nH]c(-c3ccccc3Cl)nc12. The Hall–Kier alpha value is -2.33. The molecule has 1 aromatic heterocycles. The molecule has 0 fully saturated rings. The molecule has 0 radical (unpaired) electrons. The Morgan fingerprint density at radius 3 is 2.68 bits per heavy atom. The van der Waals surface area contributed by atoms with Gasteiger partial charge in [-0.1, -0.05) is 29.8 Å². The summed E-state index contributed by atoms with van der Waals surface area (Å²) in [7, 11) is 0.